The van der Waals surface area contributed by atoms with Crippen LogP contribution in [0.3, 0.4) is 0 Å². The van der Waals surface area contributed by atoms with Crippen molar-refractivity contribution in [3.8, 4) is 0 Å². The summed E-state index contributed by atoms with van der Waals surface area (Å²) in [6.07, 6.45) is 6.58. The van der Waals surface area contributed by atoms with Crippen LogP contribution in [0.5, 0.6) is 0 Å². The third-order valence-corrected chi connectivity index (χ3v) is 4.45. The van der Waals surface area contributed by atoms with E-state index in [2.05, 4.69) is 12.2 Å². The lowest BCUT2D eigenvalue weighted by molar-refractivity contribution is -0.143. The maximum atomic E-state index is 12.2. The predicted molar refractivity (Wildman–Crippen MR) is 76.5 cm³/mol. The van der Waals surface area contributed by atoms with Gasteiger partial charge in [-0.25, -0.2) is 4.79 Å². The number of carboxylic acid groups (broad SMARTS) is 1. The van der Waals surface area contributed by atoms with Gasteiger partial charge in [0.25, 0.3) is 0 Å². The molecule has 0 aromatic heterocycles. The molecule has 2 aliphatic carbocycles. The zero-order chi connectivity index (χ0) is 14.5. The largest absolute Gasteiger partial charge is 0.481 e. The number of carbonyl (C=O) groups is 2. The zero-order valence-corrected chi connectivity index (χ0v) is 12.3. The van der Waals surface area contributed by atoms with Gasteiger partial charge in [-0.2, -0.15) is 0 Å². The molecule has 0 aromatic carbocycles. The van der Waals surface area contributed by atoms with Crippen molar-refractivity contribution in [2.75, 3.05) is 13.1 Å². The number of rotatable bonds is 6. The fraction of sp³-hybridized carbons (Fsp3) is 0.867. The van der Waals surface area contributed by atoms with E-state index in [1.807, 2.05) is 4.90 Å². The Hall–Kier alpha value is -1.26. The molecule has 0 aliphatic heterocycles. The van der Waals surface area contributed by atoms with Crippen molar-refractivity contribution in [2.24, 2.45) is 11.8 Å². The van der Waals surface area contributed by atoms with Crippen LogP contribution in [-0.2, 0) is 4.79 Å². The molecule has 20 heavy (non-hydrogen) atoms. The van der Waals surface area contributed by atoms with Crippen LogP contribution in [0.2, 0.25) is 0 Å². The van der Waals surface area contributed by atoms with Gasteiger partial charge in [0.1, 0.15) is 0 Å². The maximum absolute atomic E-state index is 12.2. The van der Waals surface area contributed by atoms with Crippen molar-refractivity contribution in [1.82, 2.24) is 10.2 Å². The van der Waals surface area contributed by atoms with E-state index in [4.69, 9.17) is 5.11 Å². The molecule has 0 unspecified atom stereocenters. The summed E-state index contributed by atoms with van der Waals surface area (Å²) in [7, 11) is 0. The number of nitrogens with zero attached hydrogens (tertiary/aromatic N) is 1. The average molecular weight is 282 g/mol. The summed E-state index contributed by atoms with van der Waals surface area (Å²) in [4.78, 5) is 25.0. The van der Waals surface area contributed by atoms with Gasteiger partial charge in [-0.05, 0) is 50.9 Å². The quantitative estimate of drug-likeness (QED) is 0.786. The topological polar surface area (TPSA) is 69.6 Å². The van der Waals surface area contributed by atoms with Crippen molar-refractivity contribution in [1.29, 1.82) is 0 Å². The van der Waals surface area contributed by atoms with Crippen LogP contribution in [0.4, 0.5) is 4.79 Å². The molecule has 0 saturated heterocycles. The molecule has 0 radical (unpaired) electrons. The molecular weight excluding hydrogens is 256 g/mol. The summed E-state index contributed by atoms with van der Waals surface area (Å²) < 4.78 is 0. The fourth-order valence-electron chi connectivity index (χ4n) is 3.02. The standard InChI is InChI=1S/C15H26N2O3/c1-2-9-17(13-7-8-13)15(20)16-10-11-3-5-12(6-4-11)14(18)19/h11-13H,2-10H2,1H3,(H,16,20)(H,18,19). The number of urea groups is 1. The van der Waals surface area contributed by atoms with Crippen molar-refractivity contribution in [2.45, 2.75) is 57.9 Å². The minimum Gasteiger partial charge on any atom is -0.481 e. The van der Waals surface area contributed by atoms with Crippen molar-refractivity contribution < 1.29 is 14.7 Å². The van der Waals surface area contributed by atoms with E-state index in [-0.39, 0.29) is 11.9 Å². The first-order chi connectivity index (χ1) is 9.61. The minimum absolute atomic E-state index is 0.0645. The van der Waals surface area contributed by atoms with E-state index < -0.39 is 5.97 Å². The second kappa shape index (κ2) is 6.95. The smallest absolute Gasteiger partial charge is 0.317 e. The third-order valence-electron chi connectivity index (χ3n) is 4.45. The fourth-order valence-corrected chi connectivity index (χ4v) is 3.02. The van der Waals surface area contributed by atoms with Gasteiger partial charge in [0.15, 0.2) is 0 Å². The Morgan fingerprint density at radius 3 is 2.30 bits per heavy atom. The summed E-state index contributed by atoms with van der Waals surface area (Å²) in [5, 5.41) is 12.0. The Bertz CT molecular complexity index is 347. The van der Waals surface area contributed by atoms with E-state index >= 15 is 0 Å². The molecular formula is C15H26N2O3. The van der Waals surface area contributed by atoms with Crippen LogP contribution in [0, 0.1) is 11.8 Å². The molecule has 0 aromatic rings. The first-order valence-electron chi connectivity index (χ1n) is 7.89. The van der Waals surface area contributed by atoms with Crippen molar-refractivity contribution in [3.63, 3.8) is 0 Å². The highest BCUT2D eigenvalue weighted by Crippen LogP contribution is 2.29. The number of nitrogens with one attached hydrogen (secondary N) is 1. The van der Waals surface area contributed by atoms with E-state index in [9.17, 15) is 9.59 Å². The molecule has 0 spiro atoms. The lowest BCUT2D eigenvalue weighted by Gasteiger charge is -2.28. The Morgan fingerprint density at radius 1 is 1.15 bits per heavy atom. The molecule has 0 bridgehead atoms. The van der Waals surface area contributed by atoms with Gasteiger partial charge in [0.05, 0.1) is 5.92 Å². The molecule has 114 valence electrons. The van der Waals surface area contributed by atoms with E-state index in [0.717, 1.165) is 51.5 Å². The number of carbonyl (C=O) groups excluding carboxylic acids is 1. The Morgan fingerprint density at radius 2 is 1.80 bits per heavy atom. The van der Waals surface area contributed by atoms with Crippen LogP contribution in [0.1, 0.15) is 51.9 Å². The highest BCUT2D eigenvalue weighted by molar-refractivity contribution is 5.75. The molecule has 5 nitrogen and oxygen atoms in total. The maximum Gasteiger partial charge on any atom is 0.317 e. The lowest BCUT2D eigenvalue weighted by Crippen LogP contribution is -2.43. The van der Waals surface area contributed by atoms with E-state index in [1.54, 1.807) is 0 Å². The highest BCUT2D eigenvalue weighted by Gasteiger charge is 2.32. The van der Waals surface area contributed by atoms with Crippen LogP contribution in [0.15, 0.2) is 0 Å². The van der Waals surface area contributed by atoms with Crippen molar-refractivity contribution >= 4 is 12.0 Å². The molecule has 2 rings (SSSR count). The van der Waals surface area contributed by atoms with Gasteiger partial charge in [-0.3, -0.25) is 4.79 Å². The number of carboxylic acids is 1. The minimum atomic E-state index is -0.671. The summed E-state index contributed by atoms with van der Waals surface area (Å²) in [5.41, 5.74) is 0. The van der Waals surface area contributed by atoms with Crippen molar-refractivity contribution in [3.05, 3.63) is 0 Å². The third kappa shape index (κ3) is 4.12. The van der Waals surface area contributed by atoms with Gasteiger partial charge >= 0.3 is 12.0 Å². The van der Waals surface area contributed by atoms with Gasteiger partial charge in [0, 0.05) is 19.1 Å². The van der Waals surface area contributed by atoms with Crippen LogP contribution < -0.4 is 5.32 Å². The summed E-state index contributed by atoms with van der Waals surface area (Å²) in [6.45, 7) is 3.62. The van der Waals surface area contributed by atoms with Crippen LogP contribution >= 0.6 is 0 Å². The predicted octanol–water partition coefficient (Wildman–Crippen LogP) is 2.46. The van der Waals surface area contributed by atoms with Gasteiger partial charge in [-0.1, -0.05) is 6.92 Å². The molecule has 2 saturated carbocycles. The Labute approximate surface area is 120 Å². The number of hydrogen-bond acceptors (Lipinski definition) is 2. The molecule has 2 aliphatic rings. The first kappa shape index (κ1) is 15.1. The molecule has 0 heterocycles. The number of hydrogen-bond donors (Lipinski definition) is 2. The van der Waals surface area contributed by atoms with Gasteiger partial charge in [0.2, 0.25) is 0 Å². The molecule has 2 amide bonds. The Balaban J connectivity index is 1.69. The monoisotopic (exact) mass is 282 g/mol. The van der Waals surface area contributed by atoms with E-state index in [1.165, 1.54) is 0 Å². The number of amides is 2. The highest BCUT2D eigenvalue weighted by atomic mass is 16.4. The zero-order valence-electron chi connectivity index (χ0n) is 12.3. The summed E-state index contributed by atoms with van der Waals surface area (Å²) in [6, 6.07) is 0.521. The SMILES string of the molecule is CCCN(C(=O)NCC1CCC(C(=O)O)CC1)C1CC1. The molecule has 0 atom stereocenters. The second-order valence-electron chi connectivity index (χ2n) is 6.17. The van der Waals surface area contributed by atoms with E-state index in [0.29, 0.717) is 18.5 Å². The van der Waals surface area contributed by atoms with Crippen LogP contribution in [-0.4, -0.2) is 41.1 Å². The first-order valence-corrected chi connectivity index (χ1v) is 7.89. The second-order valence-corrected chi connectivity index (χ2v) is 6.17. The van der Waals surface area contributed by atoms with Crippen LogP contribution in [0.25, 0.3) is 0 Å². The van der Waals surface area contributed by atoms with Gasteiger partial charge < -0.3 is 15.3 Å². The normalized spacial score (nSPS) is 26.1. The molecule has 2 fully saturated rings. The lowest BCUT2D eigenvalue weighted by atomic mass is 9.82. The summed E-state index contributed by atoms with van der Waals surface area (Å²) >= 11 is 0. The molecule has 2 N–H and O–H groups in total. The van der Waals surface area contributed by atoms with Gasteiger partial charge in [-0.15, -0.1) is 0 Å². The number of aliphatic carboxylic acids is 1. The Kier molecular flexibility index (Phi) is 5.26. The average Bonchev–Trinajstić information content (AvgIpc) is 3.27. The molecule has 5 heteroatoms. The summed E-state index contributed by atoms with van der Waals surface area (Å²) in [5.74, 6) is -0.405.